The van der Waals surface area contributed by atoms with Crippen molar-refractivity contribution in [3.8, 4) is 0 Å². The van der Waals surface area contributed by atoms with Gasteiger partial charge in [0.2, 0.25) is 5.91 Å². The zero-order valence-corrected chi connectivity index (χ0v) is 12.2. The van der Waals surface area contributed by atoms with Crippen LogP contribution in [0, 0.1) is 0 Å². The molecule has 0 aromatic heterocycles. The highest BCUT2D eigenvalue weighted by molar-refractivity contribution is 6.43. The number of hydrazone groups is 1. The zero-order chi connectivity index (χ0) is 16.1. The SMILES string of the molecule is CC(=O)c1cccc(NC(=O)C2=NN(CCO)C(=O)CC2)c1. The quantitative estimate of drug-likeness (QED) is 0.786. The minimum absolute atomic E-state index is 0.0649. The fourth-order valence-corrected chi connectivity index (χ4v) is 2.05. The molecule has 1 aliphatic heterocycles. The van der Waals surface area contributed by atoms with E-state index in [9.17, 15) is 14.4 Å². The standard InChI is InChI=1S/C15H17N3O4/c1-10(20)11-3-2-4-12(9-11)16-15(22)13-5-6-14(21)18(17-13)7-8-19/h2-4,9,19H,5-8H2,1H3,(H,16,22). The van der Waals surface area contributed by atoms with Crippen LogP contribution in [0.4, 0.5) is 5.69 Å². The third kappa shape index (κ3) is 3.76. The maximum absolute atomic E-state index is 12.2. The molecular weight excluding hydrogens is 286 g/mol. The smallest absolute Gasteiger partial charge is 0.271 e. The molecule has 0 radical (unpaired) electrons. The van der Waals surface area contributed by atoms with Gasteiger partial charge in [-0.25, -0.2) is 5.01 Å². The number of carbonyl (C=O) groups is 3. The molecule has 7 nitrogen and oxygen atoms in total. The number of β-amino-alcohol motifs (C(OH)–C–C–N with tert-alkyl or cyclic N) is 1. The number of aliphatic hydroxyl groups excluding tert-OH is 1. The second-order valence-electron chi connectivity index (χ2n) is 4.88. The monoisotopic (exact) mass is 303 g/mol. The Morgan fingerprint density at radius 3 is 2.82 bits per heavy atom. The van der Waals surface area contributed by atoms with Crippen molar-refractivity contribution in [1.82, 2.24) is 5.01 Å². The van der Waals surface area contributed by atoms with Crippen LogP contribution < -0.4 is 5.32 Å². The molecule has 0 saturated carbocycles. The maximum Gasteiger partial charge on any atom is 0.271 e. The molecule has 1 aliphatic rings. The lowest BCUT2D eigenvalue weighted by atomic mass is 10.1. The summed E-state index contributed by atoms with van der Waals surface area (Å²) in [5.41, 5.74) is 1.22. The van der Waals surface area contributed by atoms with Crippen molar-refractivity contribution in [2.75, 3.05) is 18.5 Å². The first-order valence-corrected chi connectivity index (χ1v) is 6.92. The molecule has 1 aromatic rings. The van der Waals surface area contributed by atoms with E-state index in [-0.39, 0.29) is 43.4 Å². The predicted octanol–water partition coefficient (Wildman–Crippen LogP) is 0.798. The van der Waals surface area contributed by atoms with Gasteiger partial charge < -0.3 is 10.4 Å². The van der Waals surface area contributed by atoms with Gasteiger partial charge in [0.15, 0.2) is 5.78 Å². The molecule has 2 N–H and O–H groups in total. The summed E-state index contributed by atoms with van der Waals surface area (Å²) in [5, 5.41) is 16.6. The number of rotatable bonds is 5. The molecule has 1 heterocycles. The molecule has 7 heteroatoms. The van der Waals surface area contributed by atoms with Crippen LogP contribution in [-0.2, 0) is 9.59 Å². The second kappa shape index (κ2) is 6.95. The Kier molecular flexibility index (Phi) is 5.00. The van der Waals surface area contributed by atoms with Crippen LogP contribution in [0.3, 0.4) is 0 Å². The average molecular weight is 303 g/mol. The van der Waals surface area contributed by atoms with E-state index in [1.807, 2.05) is 0 Å². The topological polar surface area (TPSA) is 99.1 Å². The number of hydrogen-bond donors (Lipinski definition) is 2. The number of nitrogens with one attached hydrogen (secondary N) is 1. The molecular formula is C15H17N3O4. The number of aliphatic hydroxyl groups is 1. The molecule has 0 fully saturated rings. The van der Waals surface area contributed by atoms with Gasteiger partial charge in [-0.1, -0.05) is 12.1 Å². The van der Waals surface area contributed by atoms with Gasteiger partial charge in [0, 0.05) is 24.1 Å². The average Bonchev–Trinajstić information content (AvgIpc) is 2.50. The summed E-state index contributed by atoms with van der Waals surface area (Å²) in [6, 6.07) is 6.60. The molecule has 0 bridgehead atoms. The molecule has 2 amide bonds. The van der Waals surface area contributed by atoms with Crippen LogP contribution in [0.2, 0.25) is 0 Å². The summed E-state index contributed by atoms with van der Waals surface area (Å²) in [6.45, 7) is 1.30. The van der Waals surface area contributed by atoms with Crippen LogP contribution in [0.5, 0.6) is 0 Å². The van der Waals surface area contributed by atoms with E-state index in [0.29, 0.717) is 11.3 Å². The van der Waals surface area contributed by atoms with Crippen LogP contribution in [0.25, 0.3) is 0 Å². The minimum atomic E-state index is -0.420. The van der Waals surface area contributed by atoms with Gasteiger partial charge in [-0.15, -0.1) is 0 Å². The zero-order valence-electron chi connectivity index (χ0n) is 12.2. The lowest BCUT2D eigenvalue weighted by Crippen LogP contribution is -2.37. The first-order valence-electron chi connectivity index (χ1n) is 6.92. The molecule has 0 aliphatic carbocycles. The molecule has 116 valence electrons. The van der Waals surface area contributed by atoms with E-state index < -0.39 is 5.91 Å². The number of nitrogens with zero attached hydrogens (tertiary/aromatic N) is 2. The van der Waals surface area contributed by atoms with Crippen molar-refractivity contribution in [1.29, 1.82) is 0 Å². The summed E-state index contributed by atoms with van der Waals surface area (Å²) in [6.07, 6.45) is 0.429. The summed E-state index contributed by atoms with van der Waals surface area (Å²) >= 11 is 0. The number of hydrogen-bond acceptors (Lipinski definition) is 5. The lowest BCUT2D eigenvalue weighted by molar-refractivity contribution is -0.132. The van der Waals surface area contributed by atoms with Gasteiger partial charge in [0.25, 0.3) is 5.91 Å². The van der Waals surface area contributed by atoms with E-state index in [0.717, 1.165) is 5.01 Å². The van der Waals surface area contributed by atoms with Gasteiger partial charge in [-0.05, 0) is 19.1 Å². The summed E-state index contributed by atoms with van der Waals surface area (Å²) in [5.74, 6) is -0.730. The van der Waals surface area contributed by atoms with Crippen LogP contribution in [0.1, 0.15) is 30.1 Å². The Hall–Kier alpha value is -2.54. The van der Waals surface area contributed by atoms with E-state index in [2.05, 4.69) is 10.4 Å². The number of benzene rings is 1. The molecule has 0 saturated heterocycles. The van der Waals surface area contributed by atoms with E-state index in [1.54, 1.807) is 24.3 Å². The Balaban J connectivity index is 2.12. The van der Waals surface area contributed by atoms with Crippen molar-refractivity contribution in [2.45, 2.75) is 19.8 Å². The lowest BCUT2D eigenvalue weighted by Gasteiger charge is -2.22. The number of carbonyl (C=O) groups excluding carboxylic acids is 3. The van der Waals surface area contributed by atoms with Gasteiger partial charge in [-0.2, -0.15) is 5.10 Å². The number of anilines is 1. The first kappa shape index (κ1) is 15.8. The van der Waals surface area contributed by atoms with Crippen molar-refractivity contribution >= 4 is 29.0 Å². The summed E-state index contributed by atoms with van der Waals surface area (Å²) < 4.78 is 0. The Bertz CT molecular complexity index is 639. The minimum Gasteiger partial charge on any atom is -0.394 e. The van der Waals surface area contributed by atoms with Crippen LogP contribution in [0.15, 0.2) is 29.4 Å². The molecule has 0 unspecified atom stereocenters. The summed E-state index contributed by atoms with van der Waals surface area (Å²) in [4.78, 5) is 35.1. The highest BCUT2D eigenvalue weighted by atomic mass is 16.3. The molecule has 0 spiro atoms. The second-order valence-corrected chi connectivity index (χ2v) is 4.88. The van der Waals surface area contributed by atoms with Crippen molar-refractivity contribution in [3.63, 3.8) is 0 Å². The predicted molar refractivity (Wildman–Crippen MR) is 80.5 cm³/mol. The fraction of sp³-hybridized carbons (Fsp3) is 0.333. The van der Waals surface area contributed by atoms with Crippen molar-refractivity contribution < 1.29 is 19.5 Å². The summed E-state index contributed by atoms with van der Waals surface area (Å²) in [7, 11) is 0. The Morgan fingerprint density at radius 1 is 1.36 bits per heavy atom. The van der Waals surface area contributed by atoms with E-state index in [1.165, 1.54) is 6.92 Å². The van der Waals surface area contributed by atoms with Crippen LogP contribution in [-0.4, -0.2) is 46.6 Å². The van der Waals surface area contributed by atoms with Gasteiger partial charge in [0.05, 0.1) is 13.2 Å². The first-order chi connectivity index (χ1) is 10.5. The van der Waals surface area contributed by atoms with Gasteiger partial charge in [0.1, 0.15) is 5.71 Å². The highest BCUT2D eigenvalue weighted by Gasteiger charge is 2.24. The normalized spacial score (nSPS) is 14.5. The van der Waals surface area contributed by atoms with Gasteiger partial charge >= 0.3 is 0 Å². The molecule has 0 atom stereocenters. The number of Topliss-reactive ketones (excluding diaryl/α,β-unsaturated/α-hetero) is 1. The van der Waals surface area contributed by atoms with Crippen molar-refractivity contribution in [3.05, 3.63) is 29.8 Å². The fourth-order valence-electron chi connectivity index (χ4n) is 2.05. The van der Waals surface area contributed by atoms with E-state index >= 15 is 0 Å². The number of ketones is 1. The molecule has 2 rings (SSSR count). The van der Waals surface area contributed by atoms with Gasteiger partial charge in [-0.3, -0.25) is 14.4 Å². The highest BCUT2D eigenvalue weighted by Crippen LogP contribution is 2.14. The largest absolute Gasteiger partial charge is 0.394 e. The Labute approximate surface area is 127 Å². The Morgan fingerprint density at radius 2 is 2.14 bits per heavy atom. The van der Waals surface area contributed by atoms with E-state index in [4.69, 9.17) is 5.11 Å². The van der Waals surface area contributed by atoms with Crippen molar-refractivity contribution in [2.24, 2.45) is 5.10 Å². The number of amides is 2. The third-order valence-electron chi connectivity index (χ3n) is 3.21. The maximum atomic E-state index is 12.2. The molecule has 22 heavy (non-hydrogen) atoms. The molecule has 1 aromatic carbocycles. The third-order valence-corrected chi connectivity index (χ3v) is 3.21. The van der Waals surface area contributed by atoms with Crippen LogP contribution >= 0.6 is 0 Å².